The lowest BCUT2D eigenvalue weighted by atomic mass is 10.2. The van der Waals surface area contributed by atoms with Gasteiger partial charge in [0.15, 0.2) is 0 Å². The smallest absolute Gasteiger partial charge is 0.265 e. The van der Waals surface area contributed by atoms with Crippen molar-refractivity contribution in [3.63, 3.8) is 0 Å². The molecule has 2 aromatic carbocycles. The molecule has 0 radical (unpaired) electrons. The molecule has 0 bridgehead atoms. The van der Waals surface area contributed by atoms with Crippen LogP contribution in [0.1, 0.15) is 19.9 Å². The van der Waals surface area contributed by atoms with E-state index in [1.54, 1.807) is 29.1 Å². The van der Waals surface area contributed by atoms with Crippen LogP contribution in [0, 0.1) is 0 Å². The summed E-state index contributed by atoms with van der Waals surface area (Å²) in [5, 5.41) is 4.51. The van der Waals surface area contributed by atoms with Crippen molar-refractivity contribution >= 4 is 15.7 Å². The molecular formula is C20H23N3O4S. The molecule has 1 aromatic heterocycles. The lowest BCUT2D eigenvalue weighted by Crippen LogP contribution is -2.14. The van der Waals surface area contributed by atoms with Crippen molar-refractivity contribution in [2.24, 2.45) is 0 Å². The molecule has 0 unspecified atom stereocenters. The number of benzene rings is 2. The molecule has 0 aliphatic carbocycles. The van der Waals surface area contributed by atoms with E-state index in [2.05, 4.69) is 9.82 Å². The molecule has 148 valence electrons. The fourth-order valence-corrected chi connectivity index (χ4v) is 3.94. The third-order valence-corrected chi connectivity index (χ3v) is 5.58. The van der Waals surface area contributed by atoms with Crippen molar-refractivity contribution in [3.8, 4) is 22.8 Å². The first kappa shape index (κ1) is 19.8. The number of rotatable bonds is 7. The molecule has 3 aromatic rings. The predicted molar refractivity (Wildman–Crippen MR) is 108 cm³/mol. The Morgan fingerprint density at radius 2 is 1.75 bits per heavy atom. The van der Waals surface area contributed by atoms with Gasteiger partial charge in [-0.25, -0.2) is 8.42 Å². The number of methoxy groups -OCH3 is 2. The quantitative estimate of drug-likeness (QED) is 0.648. The molecule has 28 heavy (non-hydrogen) atoms. The molecule has 0 spiro atoms. The lowest BCUT2D eigenvalue weighted by molar-refractivity contribution is 0.405. The van der Waals surface area contributed by atoms with Crippen LogP contribution in [0.5, 0.6) is 11.5 Å². The van der Waals surface area contributed by atoms with Gasteiger partial charge in [0.25, 0.3) is 10.0 Å². The Morgan fingerprint density at radius 1 is 1.04 bits per heavy atom. The number of aromatic nitrogens is 2. The van der Waals surface area contributed by atoms with Gasteiger partial charge < -0.3 is 9.47 Å². The minimum Gasteiger partial charge on any atom is -0.497 e. The number of anilines is 1. The second-order valence-electron chi connectivity index (χ2n) is 6.45. The van der Waals surface area contributed by atoms with Crippen molar-refractivity contribution < 1.29 is 17.9 Å². The summed E-state index contributed by atoms with van der Waals surface area (Å²) in [6, 6.07) is 14.2. The first-order chi connectivity index (χ1) is 13.4. The summed E-state index contributed by atoms with van der Waals surface area (Å²) in [7, 11) is -0.939. The number of ether oxygens (including phenoxy) is 2. The van der Waals surface area contributed by atoms with Gasteiger partial charge in [0.05, 0.1) is 19.9 Å². The third-order valence-electron chi connectivity index (χ3n) is 4.22. The Morgan fingerprint density at radius 3 is 2.36 bits per heavy atom. The van der Waals surface area contributed by atoms with Crippen LogP contribution in [-0.2, 0) is 10.0 Å². The normalized spacial score (nSPS) is 11.5. The molecule has 1 N–H and O–H groups in total. The minimum atomic E-state index is -3.93. The lowest BCUT2D eigenvalue weighted by Gasteiger charge is -2.13. The number of sulfonamides is 1. The monoisotopic (exact) mass is 401 g/mol. The summed E-state index contributed by atoms with van der Waals surface area (Å²) in [5.74, 6) is 0.904. The highest BCUT2D eigenvalue weighted by Crippen LogP contribution is 2.33. The highest BCUT2D eigenvalue weighted by atomic mass is 32.2. The summed E-state index contributed by atoms with van der Waals surface area (Å²) >= 11 is 0. The van der Waals surface area contributed by atoms with Gasteiger partial charge in [-0.2, -0.15) is 5.10 Å². The maximum atomic E-state index is 13.2. The zero-order valence-electron chi connectivity index (χ0n) is 16.2. The Labute approximate surface area is 165 Å². The van der Waals surface area contributed by atoms with Crippen LogP contribution >= 0.6 is 0 Å². The van der Waals surface area contributed by atoms with E-state index in [1.807, 2.05) is 44.2 Å². The zero-order valence-corrected chi connectivity index (χ0v) is 17.0. The summed E-state index contributed by atoms with van der Waals surface area (Å²) in [6.07, 6.45) is 1.54. The van der Waals surface area contributed by atoms with Gasteiger partial charge in [-0.05, 0) is 26.0 Å². The highest BCUT2D eigenvalue weighted by Gasteiger charge is 2.25. The zero-order chi connectivity index (χ0) is 20.3. The van der Waals surface area contributed by atoms with Gasteiger partial charge in [0.2, 0.25) is 0 Å². The number of hydrogen-bond acceptors (Lipinski definition) is 5. The molecule has 0 fully saturated rings. The topological polar surface area (TPSA) is 82.5 Å². The maximum absolute atomic E-state index is 13.2. The van der Waals surface area contributed by atoms with E-state index in [0.717, 1.165) is 5.56 Å². The van der Waals surface area contributed by atoms with Crippen LogP contribution in [0.2, 0.25) is 0 Å². The molecule has 0 saturated carbocycles. The van der Waals surface area contributed by atoms with E-state index < -0.39 is 10.0 Å². The van der Waals surface area contributed by atoms with Gasteiger partial charge in [0.1, 0.15) is 22.1 Å². The molecule has 0 amide bonds. The van der Waals surface area contributed by atoms with Crippen molar-refractivity contribution in [1.82, 2.24) is 9.78 Å². The van der Waals surface area contributed by atoms with E-state index in [0.29, 0.717) is 17.2 Å². The number of nitrogens with zero attached hydrogens (tertiary/aromatic N) is 2. The van der Waals surface area contributed by atoms with E-state index in [-0.39, 0.29) is 16.6 Å². The van der Waals surface area contributed by atoms with Crippen LogP contribution in [0.15, 0.2) is 59.6 Å². The Kier molecular flexibility index (Phi) is 5.60. The van der Waals surface area contributed by atoms with Gasteiger partial charge in [-0.15, -0.1) is 0 Å². The number of hydrogen-bond donors (Lipinski definition) is 1. The fourth-order valence-electron chi connectivity index (χ4n) is 2.73. The predicted octanol–water partition coefficient (Wildman–Crippen LogP) is 3.95. The van der Waals surface area contributed by atoms with Gasteiger partial charge in [-0.1, -0.05) is 30.3 Å². The first-order valence-electron chi connectivity index (χ1n) is 8.75. The summed E-state index contributed by atoms with van der Waals surface area (Å²) < 4.78 is 41.2. The van der Waals surface area contributed by atoms with Crippen molar-refractivity contribution in [1.29, 1.82) is 0 Å². The molecule has 0 aliphatic rings. The molecule has 7 nitrogen and oxygen atoms in total. The van der Waals surface area contributed by atoms with Crippen molar-refractivity contribution in [2.75, 3.05) is 18.9 Å². The van der Waals surface area contributed by atoms with Crippen molar-refractivity contribution in [3.05, 3.63) is 54.7 Å². The van der Waals surface area contributed by atoms with E-state index in [1.165, 1.54) is 14.2 Å². The summed E-state index contributed by atoms with van der Waals surface area (Å²) in [4.78, 5) is 0.0947. The van der Waals surface area contributed by atoms with Crippen LogP contribution in [0.3, 0.4) is 0 Å². The molecular weight excluding hydrogens is 378 g/mol. The van der Waals surface area contributed by atoms with Gasteiger partial charge >= 0.3 is 0 Å². The van der Waals surface area contributed by atoms with Gasteiger partial charge in [0, 0.05) is 23.9 Å². The molecule has 0 atom stereocenters. The van der Waals surface area contributed by atoms with Crippen LogP contribution in [0.25, 0.3) is 11.3 Å². The van der Waals surface area contributed by atoms with Crippen LogP contribution in [-0.4, -0.2) is 32.4 Å². The van der Waals surface area contributed by atoms with E-state index in [4.69, 9.17) is 9.47 Å². The Hall–Kier alpha value is -3.00. The number of nitrogens with one attached hydrogen (secondary N) is 1. The Bertz CT molecular complexity index is 1060. The van der Waals surface area contributed by atoms with Crippen LogP contribution in [0.4, 0.5) is 5.69 Å². The largest absolute Gasteiger partial charge is 0.497 e. The first-order valence-corrected chi connectivity index (χ1v) is 10.2. The molecule has 3 rings (SSSR count). The average Bonchev–Trinajstić information content (AvgIpc) is 3.15. The van der Waals surface area contributed by atoms with Gasteiger partial charge in [-0.3, -0.25) is 9.40 Å². The SMILES string of the molecule is COc1ccc(OC)c(NS(=O)(=O)c2cn(C(C)C)nc2-c2ccccc2)c1. The second-order valence-corrected chi connectivity index (χ2v) is 8.10. The average molecular weight is 401 g/mol. The Balaban J connectivity index is 2.10. The maximum Gasteiger partial charge on any atom is 0.265 e. The molecule has 0 aliphatic heterocycles. The molecule has 8 heteroatoms. The molecule has 0 saturated heterocycles. The fraction of sp³-hybridized carbons (Fsp3) is 0.250. The molecule has 1 heterocycles. The standard InChI is InChI=1S/C20H23N3O4S/c1-14(2)23-13-19(20(21-23)15-8-6-5-7-9-15)28(24,25)22-17-12-16(26-3)10-11-18(17)27-4/h5-14,22H,1-4H3. The minimum absolute atomic E-state index is 0.0118. The highest BCUT2D eigenvalue weighted by molar-refractivity contribution is 7.92. The third kappa shape index (κ3) is 3.96. The van der Waals surface area contributed by atoms with Crippen molar-refractivity contribution in [2.45, 2.75) is 24.8 Å². The second kappa shape index (κ2) is 7.93. The van der Waals surface area contributed by atoms with E-state index in [9.17, 15) is 8.42 Å². The summed E-state index contributed by atoms with van der Waals surface area (Å²) in [5.41, 5.74) is 1.40. The van der Waals surface area contributed by atoms with Crippen LogP contribution < -0.4 is 14.2 Å². The van der Waals surface area contributed by atoms with E-state index >= 15 is 0 Å². The summed E-state index contributed by atoms with van der Waals surface area (Å²) in [6.45, 7) is 3.88.